The highest BCUT2D eigenvalue weighted by Gasteiger charge is 2.10. The maximum absolute atomic E-state index is 12.2. The van der Waals surface area contributed by atoms with Crippen LogP contribution in [0, 0.1) is 5.41 Å². The van der Waals surface area contributed by atoms with E-state index in [0.29, 0.717) is 53.5 Å². The SMILES string of the molecule is N=Cc1nc(NCc2ccc(Cl)c(Cl)c2)[nH]c(=O)c1CCCCC=O. The molecule has 0 unspecified atom stereocenters. The van der Waals surface area contributed by atoms with Crippen molar-refractivity contribution in [2.45, 2.75) is 32.2 Å². The molecule has 1 aromatic carbocycles. The largest absolute Gasteiger partial charge is 0.352 e. The molecule has 3 N–H and O–H groups in total. The fourth-order valence-corrected chi connectivity index (χ4v) is 2.65. The Hall–Kier alpha value is -2.18. The van der Waals surface area contributed by atoms with Gasteiger partial charge in [-0.25, -0.2) is 4.98 Å². The number of hydrogen-bond acceptors (Lipinski definition) is 5. The molecule has 2 rings (SSSR count). The standard InChI is InChI=1S/C17H18Cl2N4O2/c18-13-6-5-11(8-14(13)19)10-21-17-22-15(9-20)12(16(25)23-17)4-2-1-3-7-24/h5-9,20H,1-4,10H2,(H2,21,22,23,25). The van der Waals surface area contributed by atoms with Crippen LogP contribution in [0.3, 0.4) is 0 Å². The Morgan fingerprint density at radius 1 is 1.24 bits per heavy atom. The highest BCUT2D eigenvalue weighted by atomic mass is 35.5. The van der Waals surface area contributed by atoms with E-state index in [1.807, 2.05) is 6.07 Å². The Labute approximate surface area is 155 Å². The highest BCUT2D eigenvalue weighted by molar-refractivity contribution is 6.42. The fraction of sp³-hybridized carbons (Fsp3) is 0.294. The first-order valence-electron chi connectivity index (χ1n) is 7.80. The van der Waals surface area contributed by atoms with Crippen molar-refractivity contribution in [2.75, 3.05) is 5.32 Å². The first-order valence-corrected chi connectivity index (χ1v) is 8.56. The fourth-order valence-electron chi connectivity index (χ4n) is 2.32. The van der Waals surface area contributed by atoms with E-state index < -0.39 is 0 Å². The molecule has 0 amide bonds. The molecule has 8 heteroatoms. The minimum Gasteiger partial charge on any atom is -0.352 e. The predicted octanol–water partition coefficient (Wildman–Crippen LogP) is 3.60. The molecule has 2 aromatic rings. The molecule has 0 saturated carbocycles. The molecule has 0 spiro atoms. The Kier molecular flexibility index (Phi) is 7.16. The summed E-state index contributed by atoms with van der Waals surface area (Å²) in [6, 6.07) is 5.24. The number of aromatic nitrogens is 2. The van der Waals surface area contributed by atoms with Crippen molar-refractivity contribution >= 4 is 41.7 Å². The number of nitrogens with zero attached hydrogens (tertiary/aromatic N) is 1. The van der Waals surface area contributed by atoms with E-state index in [2.05, 4.69) is 15.3 Å². The van der Waals surface area contributed by atoms with Gasteiger partial charge in [0, 0.05) is 24.7 Å². The summed E-state index contributed by atoms with van der Waals surface area (Å²) in [6.45, 7) is 0.399. The molecule has 0 atom stereocenters. The van der Waals surface area contributed by atoms with Crippen molar-refractivity contribution in [2.24, 2.45) is 0 Å². The molecule has 25 heavy (non-hydrogen) atoms. The molecule has 6 nitrogen and oxygen atoms in total. The van der Waals surface area contributed by atoms with Gasteiger partial charge in [-0.3, -0.25) is 9.78 Å². The number of aromatic amines is 1. The summed E-state index contributed by atoms with van der Waals surface area (Å²) >= 11 is 11.9. The quantitative estimate of drug-likeness (QED) is 0.351. The highest BCUT2D eigenvalue weighted by Crippen LogP contribution is 2.22. The summed E-state index contributed by atoms with van der Waals surface area (Å²) in [6.07, 6.45) is 4.27. The van der Waals surface area contributed by atoms with E-state index in [0.717, 1.165) is 18.1 Å². The zero-order chi connectivity index (χ0) is 18.2. The van der Waals surface area contributed by atoms with Gasteiger partial charge in [0.2, 0.25) is 5.95 Å². The summed E-state index contributed by atoms with van der Waals surface area (Å²) in [7, 11) is 0. The maximum atomic E-state index is 12.2. The second-order valence-corrected chi connectivity index (χ2v) is 6.25. The number of rotatable bonds is 9. The van der Waals surface area contributed by atoms with Gasteiger partial charge >= 0.3 is 0 Å². The van der Waals surface area contributed by atoms with Crippen molar-refractivity contribution in [3.8, 4) is 0 Å². The van der Waals surface area contributed by atoms with Gasteiger partial charge in [-0.15, -0.1) is 0 Å². The number of nitrogens with one attached hydrogen (secondary N) is 3. The van der Waals surface area contributed by atoms with Crippen molar-refractivity contribution in [3.05, 3.63) is 55.4 Å². The number of anilines is 1. The number of carbonyl (C=O) groups is 1. The summed E-state index contributed by atoms with van der Waals surface area (Å²) < 4.78 is 0. The van der Waals surface area contributed by atoms with Gasteiger partial charge in [0.15, 0.2) is 0 Å². The lowest BCUT2D eigenvalue weighted by molar-refractivity contribution is -0.107. The first kappa shape index (κ1) is 19.1. The van der Waals surface area contributed by atoms with Crippen molar-refractivity contribution in [1.82, 2.24) is 9.97 Å². The van der Waals surface area contributed by atoms with Gasteiger partial charge in [0.1, 0.15) is 6.29 Å². The predicted molar refractivity (Wildman–Crippen MR) is 100 cm³/mol. The number of carbonyl (C=O) groups excluding carboxylic acids is 1. The molecule has 0 fully saturated rings. The lowest BCUT2D eigenvalue weighted by Crippen LogP contribution is -2.20. The number of aldehydes is 1. The Morgan fingerprint density at radius 3 is 2.72 bits per heavy atom. The van der Waals surface area contributed by atoms with Crippen LogP contribution in [-0.2, 0) is 17.8 Å². The third kappa shape index (κ3) is 5.41. The van der Waals surface area contributed by atoms with Crippen molar-refractivity contribution in [1.29, 1.82) is 5.41 Å². The Morgan fingerprint density at radius 2 is 2.04 bits per heavy atom. The van der Waals surface area contributed by atoms with Gasteiger partial charge in [0.25, 0.3) is 5.56 Å². The van der Waals surface area contributed by atoms with Crippen LogP contribution in [0.2, 0.25) is 10.0 Å². The van der Waals surface area contributed by atoms with Crippen LogP contribution in [0.4, 0.5) is 5.95 Å². The lowest BCUT2D eigenvalue weighted by Gasteiger charge is -2.09. The van der Waals surface area contributed by atoms with Gasteiger partial charge in [-0.1, -0.05) is 29.3 Å². The monoisotopic (exact) mass is 380 g/mol. The number of benzene rings is 1. The molecular formula is C17H18Cl2N4O2. The molecule has 0 bridgehead atoms. The minimum atomic E-state index is -0.281. The molecule has 0 aliphatic heterocycles. The van der Waals surface area contributed by atoms with E-state index in [1.165, 1.54) is 0 Å². The number of H-pyrrole nitrogens is 1. The maximum Gasteiger partial charge on any atom is 0.256 e. The molecule has 0 saturated heterocycles. The van der Waals surface area contributed by atoms with Crippen molar-refractivity contribution < 1.29 is 4.79 Å². The normalized spacial score (nSPS) is 10.5. The minimum absolute atomic E-state index is 0.281. The van der Waals surface area contributed by atoms with E-state index in [1.54, 1.807) is 12.1 Å². The van der Waals surface area contributed by atoms with Crippen LogP contribution in [0.1, 0.15) is 36.1 Å². The molecule has 132 valence electrons. The van der Waals surface area contributed by atoms with E-state index in [9.17, 15) is 9.59 Å². The van der Waals surface area contributed by atoms with Crippen LogP contribution >= 0.6 is 23.2 Å². The van der Waals surface area contributed by atoms with Gasteiger partial charge in [0.05, 0.1) is 15.7 Å². The third-order valence-corrected chi connectivity index (χ3v) is 4.37. The van der Waals surface area contributed by atoms with Crippen LogP contribution in [-0.4, -0.2) is 22.5 Å². The molecule has 0 aliphatic rings. The Balaban J connectivity index is 2.09. The smallest absolute Gasteiger partial charge is 0.256 e. The second kappa shape index (κ2) is 9.34. The van der Waals surface area contributed by atoms with Crippen molar-refractivity contribution in [3.63, 3.8) is 0 Å². The van der Waals surface area contributed by atoms with E-state index in [-0.39, 0.29) is 11.5 Å². The number of hydrogen-bond donors (Lipinski definition) is 3. The average molecular weight is 381 g/mol. The number of unbranched alkanes of at least 4 members (excludes halogenated alkanes) is 2. The van der Waals surface area contributed by atoms with Gasteiger partial charge in [-0.2, -0.15) is 0 Å². The third-order valence-electron chi connectivity index (χ3n) is 3.63. The second-order valence-electron chi connectivity index (χ2n) is 5.44. The molecule has 1 heterocycles. The van der Waals surface area contributed by atoms with Crippen LogP contribution in [0.25, 0.3) is 0 Å². The zero-order valence-electron chi connectivity index (χ0n) is 13.4. The van der Waals surface area contributed by atoms with Gasteiger partial charge < -0.3 is 15.5 Å². The molecule has 0 aliphatic carbocycles. The van der Waals surface area contributed by atoms with Crippen LogP contribution in [0.5, 0.6) is 0 Å². The zero-order valence-corrected chi connectivity index (χ0v) is 15.0. The van der Waals surface area contributed by atoms with Gasteiger partial charge in [-0.05, 0) is 37.0 Å². The van der Waals surface area contributed by atoms with Crippen LogP contribution in [0.15, 0.2) is 23.0 Å². The first-order chi connectivity index (χ1) is 12.0. The number of halogens is 2. The molecular weight excluding hydrogens is 363 g/mol. The van der Waals surface area contributed by atoms with Crippen LogP contribution < -0.4 is 10.9 Å². The molecule has 1 aromatic heterocycles. The average Bonchev–Trinajstić information content (AvgIpc) is 2.60. The summed E-state index contributed by atoms with van der Waals surface area (Å²) in [4.78, 5) is 29.5. The van der Waals surface area contributed by atoms with E-state index >= 15 is 0 Å². The van der Waals surface area contributed by atoms with E-state index in [4.69, 9.17) is 28.6 Å². The molecule has 0 radical (unpaired) electrons. The topological polar surface area (TPSA) is 98.7 Å². The summed E-state index contributed by atoms with van der Waals surface area (Å²) in [5, 5.41) is 11.4. The summed E-state index contributed by atoms with van der Waals surface area (Å²) in [5.74, 6) is 0.284. The Bertz CT molecular complexity index is 821. The lowest BCUT2D eigenvalue weighted by atomic mass is 10.1. The summed E-state index contributed by atoms with van der Waals surface area (Å²) in [5.41, 5.74) is 1.38.